The summed E-state index contributed by atoms with van der Waals surface area (Å²) in [6.45, 7) is 4.18. The van der Waals surface area contributed by atoms with Crippen molar-refractivity contribution >= 4 is 19.8 Å². The van der Waals surface area contributed by atoms with Gasteiger partial charge in [-0.1, -0.05) is 0 Å². The Balaban J connectivity index is 4.32. The van der Waals surface area contributed by atoms with E-state index in [-0.39, 0.29) is 6.61 Å². The summed E-state index contributed by atoms with van der Waals surface area (Å²) in [5.74, 6) is -2.40. The fraction of sp³-hybridized carbons (Fsp3) is 0.714. The maximum atomic E-state index is 11.1. The molecule has 2 unspecified atom stereocenters. The summed E-state index contributed by atoms with van der Waals surface area (Å²) in [5, 5.41) is 0. The predicted octanol–water partition coefficient (Wildman–Crippen LogP) is 1.24. The Hall–Kier alpha value is -0.800. The Bertz CT molecular complexity index is 225. The van der Waals surface area contributed by atoms with Gasteiger partial charge in [0.25, 0.3) is 0 Å². The lowest BCUT2D eigenvalue weighted by Crippen LogP contribution is -2.20. The molecule has 0 heterocycles. The summed E-state index contributed by atoms with van der Waals surface area (Å²) in [6.07, 6.45) is 0. The molecule has 0 radical (unpaired) electrons. The van der Waals surface area contributed by atoms with Crippen LogP contribution < -0.4 is 0 Å². The Morgan fingerprint density at radius 1 is 1.38 bits per heavy atom. The molecule has 0 fully saturated rings. The third kappa shape index (κ3) is 4.70. The van der Waals surface area contributed by atoms with Crippen LogP contribution >= 0.6 is 8.03 Å². The van der Waals surface area contributed by atoms with Gasteiger partial charge in [0, 0.05) is 13.8 Å². The van der Waals surface area contributed by atoms with E-state index in [4.69, 9.17) is 0 Å². The summed E-state index contributed by atoms with van der Waals surface area (Å²) in [7, 11) is -2.26. The molecule has 0 spiro atoms. The average molecular weight is 207 g/mol. The van der Waals surface area contributed by atoms with Crippen molar-refractivity contribution in [3.63, 3.8) is 0 Å². The summed E-state index contributed by atoms with van der Waals surface area (Å²) >= 11 is 0. The number of esters is 1. The number of rotatable bonds is 5. The van der Waals surface area contributed by atoms with Crippen molar-refractivity contribution in [2.24, 2.45) is 0 Å². The predicted molar refractivity (Wildman–Crippen MR) is 45.5 cm³/mol. The van der Waals surface area contributed by atoms with Crippen LogP contribution in [0, 0.1) is 0 Å². The van der Waals surface area contributed by atoms with Crippen LogP contribution in [0.25, 0.3) is 0 Å². The Morgan fingerprint density at radius 3 is 2.23 bits per heavy atom. The smallest absolute Gasteiger partial charge is 0.408 e. The van der Waals surface area contributed by atoms with E-state index >= 15 is 0 Å². The first-order chi connectivity index (χ1) is 5.99. The van der Waals surface area contributed by atoms with Crippen molar-refractivity contribution in [2.75, 3.05) is 6.61 Å². The van der Waals surface area contributed by atoms with Gasteiger partial charge in [0.2, 0.25) is 5.78 Å². The molecule has 0 aliphatic rings. The third-order valence-corrected chi connectivity index (χ3v) is 2.44. The van der Waals surface area contributed by atoms with Crippen molar-refractivity contribution in [1.82, 2.24) is 0 Å². The van der Waals surface area contributed by atoms with Crippen LogP contribution in [-0.4, -0.2) is 24.2 Å². The molecule has 0 saturated carbocycles. The minimum Gasteiger partial charge on any atom is -0.408 e. The van der Waals surface area contributed by atoms with E-state index in [0.717, 1.165) is 6.92 Å². The van der Waals surface area contributed by atoms with E-state index in [1.165, 1.54) is 6.92 Å². The fourth-order valence-corrected chi connectivity index (χ4v) is 1.55. The van der Waals surface area contributed by atoms with Gasteiger partial charge in [-0.3, -0.25) is 9.59 Å². The van der Waals surface area contributed by atoms with Gasteiger partial charge in [0.1, 0.15) is 0 Å². The monoisotopic (exact) mass is 207 g/mol. The number of Topliss-reactive ketones (excluding diaryl/α,β-unsaturated/α-hetero) is 1. The first-order valence-corrected chi connectivity index (χ1v) is 5.00. The Morgan fingerprint density at radius 2 is 1.92 bits per heavy atom. The number of hydrogen-bond donors (Lipinski definition) is 0. The van der Waals surface area contributed by atoms with Gasteiger partial charge in [-0.15, -0.1) is 4.52 Å². The van der Waals surface area contributed by atoms with Crippen LogP contribution in [-0.2, 0) is 23.4 Å². The van der Waals surface area contributed by atoms with E-state index < -0.39 is 25.6 Å². The van der Waals surface area contributed by atoms with Crippen molar-refractivity contribution in [1.29, 1.82) is 0 Å². The highest BCUT2D eigenvalue weighted by Crippen LogP contribution is 2.30. The number of ether oxygens (including phenoxy) is 1. The molecule has 2 atom stereocenters. The Kier molecular flexibility index (Phi) is 5.42. The second-order valence-electron chi connectivity index (χ2n) is 2.28. The molecule has 0 rings (SSSR count). The van der Waals surface area contributed by atoms with Crippen LogP contribution in [0.3, 0.4) is 0 Å². The SMILES string of the molecule is CCO[P+](=O)C(OC(C)=O)C(C)=O. The number of ketones is 1. The highest BCUT2D eigenvalue weighted by molar-refractivity contribution is 7.41. The molecular weight excluding hydrogens is 195 g/mol. The van der Waals surface area contributed by atoms with Crippen LogP contribution in [0.4, 0.5) is 0 Å². The van der Waals surface area contributed by atoms with Gasteiger partial charge in [0.15, 0.2) is 0 Å². The van der Waals surface area contributed by atoms with Crippen LogP contribution in [0.15, 0.2) is 0 Å². The van der Waals surface area contributed by atoms with Crippen LogP contribution in [0.2, 0.25) is 0 Å². The minimum absolute atomic E-state index is 0.209. The van der Waals surface area contributed by atoms with Gasteiger partial charge in [-0.2, -0.15) is 0 Å². The van der Waals surface area contributed by atoms with E-state index in [1.807, 2.05) is 0 Å². The average Bonchev–Trinajstić information content (AvgIpc) is 1.99. The number of hydrogen-bond acceptors (Lipinski definition) is 5. The summed E-state index contributed by atoms with van der Waals surface area (Å²) < 4.78 is 20.4. The highest BCUT2D eigenvalue weighted by Gasteiger charge is 2.40. The molecular formula is C7H12O5P+. The topological polar surface area (TPSA) is 69.7 Å². The molecule has 0 bridgehead atoms. The van der Waals surface area contributed by atoms with Gasteiger partial charge in [-0.25, -0.2) is 0 Å². The fourth-order valence-electron chi connectivity index (χ4n) is 0.627. The maximum Gasteiger partial charge on any atom is 0.562 e. The normalized spacial score (nSPS) is 13.3. The lowest BCUT2D eigenvalue weighted by Gasteiger charge is -2.01. The molecule has 0 aromatic rings. The molecule has 0 aromatic heterocycles. The zero-order valence-electron chi connectivity index (χ0n) is 7.77. The third-order valence-electron chi connectivity index (χ3n) is 1.07. The quantitative estimate of drug-likeness (QED) is 0.501. The molecule has 6 heteroatoms. The largest absolute Gasteiger partial charge is 0.562 e. The molecule has 13 heavy (non-hydrogen) atoms. The summed E-state index contributed by atoms with van der Waals surface area (Å²) in [6, 6.07) is 0. The standard InChI is InChI=1S/C7H12O5P/c1-4-11-13(10)7(5(2)8)12-6(3)9/h7H,4H2,1-3H3/q+1. The lowest BCUT2D eigenvalue weighted by molar-refractivity contribution is -0.148. The molecule has 0 aromatic carbocycles. The van der Waals surface area contributed by atoms with E-state index in [2.05, 4.69) is 9.26 Å². The van der Waals surface area contributed by atoms with Crippen molar-refractivity contribution in [3.05, 3.63) is 0 Å². The zero-order chi connectivity index (χ0) is 10.4. The van der Waals surface area contributed by atoms with E-state index in [9.17, 15) is 14.2 Å². The molecule has 0 N–H and O–H groups in total. The highest BCUT2D eigenvalue weighted by atomic mass is 31.1. The van der Waals surface area contributed by atoms with Crippen molar-refractivity contribution < 1.29 is 23.4 Å². The number of carbonyl (C=O) groups excluding carboxylic acids is 2. The molecule has 0 aliphatic carbocycles. The van der Waals surface area contributed by atoms with Gasteiger partial charge in [0.05, 0.1) is 6.61 Å². The maximum absolute atomic E-state index is 11.1. The Labute approximate surface area is 77.3 Å². The first-order valence-electron chi connectivity index (χ1n) is 3.76. The van der Waals surface area contributed by atoms with Gasteiger partial charge >= 0.3 is 19.8 Å². The molecule has 5 nitrogen and oxygen atoms in total. The van der Waals surface area contributed by atoms with Crippen molar-refractivity contribution in [3.8, 4) is 0 Å². The van der Waals surface area contributed by atoms with Crippen LogP contribution in [0.5, 0.6) is 0 Å². The summed E-state index contributed by atoms with van der Waals surface area (Å²) in [4.78, 5) is 21.4. The first kappa shape index (κ1) is 12.2. The lowest BCUT2D eigenvalue weighted by atomic mass is 10.5. The molecule has 0 aliphatic heterocycles. The van der Waals surface area contributed by atoms with Crippen molar-refractivity contribution in [2.45, 2.75) is 26.6 Å². The second-order valence-corrected chi connectivity index (χ2v) is 3.57. The van der Waals surface area contributed by atoms with Crippen LogP contribution in [0.1, 0.15) is 20.8 Å². The second kappa shape index (κ2) is 5.78. The number of carbonyl (C=O) groups is 2. The van der Waals surface area contributed by atoms with E-state index in [1.54, 1.807) is 6.92 Å². The van der Waals surface area contributed by atoms with Gasteiger partial charge in [-0.05, 0) is 11.5 Å². The van der Waals surface area contributed by atoms with E-state index in [0.29, 0.717) is 0 Å². The molecule has 74 valence electrons. The molecule has 0 saturated heterocycles. The summed E-state index contributed by atoms with van der Waals surface area (Å²) in [5.41, 5.74) is 0. The van der Waals surface area contributed by atoms with Gasteiger partial charge < -0.3 is 4.74 Å². The molecule has 0 amide bonds. The zero-order valence-corrected chi connectivity index (χ0v) is 8.67. The minimum atomic E-state index is -2.26.